The topological polar surface area (TPSA) is 85.2 Å². The van der Waals surface area contributed by atoms with Gasteiger partial charge in [0.05, 0.1) is 6.07 Å². The standard InChI is InChI=1S/C22H19N3O2/c1-15-7-12-19(16-8-10-17(11-9-16)21(14-23)25-27)20(13-15)24-22(26)18-5-3-2-4-6-18/h2-13,21,25,27H,1H3,(H,24,26). The van der Waals surface area contributed by atoms with Crippen LogP contribution in [0.25, 0.3) is 11.1 Å². The molecule has 1 amide bonds. The van der Waals surface area contributed by atoms with Crippen LogP contribution in [-0.4, -0.2) is 11.1 Å². The number of hydrogen-bond donors (Lipinski definition) is 3. The van der Waals surface area contributed by atoms with E-state index < -0.39 is 6.04 Å². The van der Waals surface area contributed by atoms with E-state index in [2.05, 4.69) is 5.32 Å². The minimum atomic E-state index is -0.783. The predicted molar refractivity (Wildman–Crippen MR) is 104 cm³/mol. The minimum absolute atomic E-state index is 0.173. The summed E-state index contributed by atoms with van der Waals surface area (Å²) in [6, 6.07) is 23.4. The lowest BCUT2D eigenvalue weighted by Crippen LogP contribution is -2.14. The van der Waals surface area contributed by atoms with Crippen LogP contribution in [0.1, 0.15) is 27.5 Å². The Kier molecular flexibility index (Phi) is 5.62. The normalized spacial score (nSPS) is 11.4. The van der Waals surface area contributed by atoms with Gasteiger partial charge in [-0.25, -0.2) is 0 Å². The molecule has 3 rings (SSSR count). The summed E-state index contributed by atoms with van der Waals surface area (Å²) in [4.78, 5) is 12.5. The number of nitriles is 1. The number of rotatable bonds is 5. The zero-order chi connectivity index (χ0) is 19.2. The second-order valence-corrected chi connectivity index (χ2v) is 6.18. The number of anilines is 1. The molecular formula is C22H19N3O2. The molecule has 0 aliphatic heterocycles. The van der Waals surface area contributed by atoms with Crippen LogP contribution in [0.15, 0.2) is 72.8 Å². The van der Waals surface area contributed by atoms with Gasteiger partial charge in [0, 0.05) is 16.8 Å². The lowest BCUT2D eigenvalue weighted by molar-refractivity contribution is 0.102. The molecule has 3 N–H and O–H groups in total. The maximum atomic E-state index is 12.5. The van der Waals surface area contributed by atoms with E-state index in [1.54, 1.807) is 24.3 Å². The number of hydrogen-bond acceptors (Lipinski definition) is 4. The van der Waals surface area contributed by atoms with Crippen molar-refractivity contribution in [3.05, 3.63) is 89.5 Å². The van der Waals surface area contributed by atoms with Crippen LogP contribution in [0.4, 0.5) is 5.69 Å². The first-order chi connectivity index (χ1) is 13.1. The monoisotopic (exact) mass is 357 g/mol. The minimum Gasteiger partial charge on any atom is -0.321 e. The fourth-order valence-corrected chi connectivity index (χ4v) is 2.83. The Morgan fingerprint density at radius 2 is 1.74 bits per heavy atom. The molecule has 3 aromatic carbocycles. The predicted octanol–water partition coefficient (Wildman–Crippen LogP) is 4.46. The number of carbonyl (C=O) groups is 1. The van der Waals surface area contributed by atoms with E-state index in [9.17, 15) is 4.79 Å². The highest BCUT2D eigenvalue weighted by Gasteiger charge is 2.12. The van der Waals surface area contributed by atoms with Gasteiger partial charge in [-0.3, -0.25) is 4.79 Å². The molecule has 1 atom stereocenters. The lowest BCUT2D eigenvalue weighted by Gasteiger charge is -2.14. The Morgan fingerprint density at radius 1 is 1.04 bits per heavy atom. The first kappa shape index (κ1) is 18.3. The first-order valence-electron chi connectivity index (χ1n) is 8.49. The fraction of sp³-hybridized carbons (Fsp3) is 0.0909. The van der Waals surface area contributed by atoms with E-state index in [0.29, 0.717) is 16.8 Å². The number of carbonyl (C=O) groups excluding carboxylic acids is 1. The highest BCUT2D eigenvalue weighted by molar-refractivity contribution is 6.06. The third-order valence-electron chi connectivity index (χ3n) is 4.27. The molecule has 3 aromatic rings. The molecule has 5 nitrogen and oxygen atoms in total. The Balaban J connectivity index is 1.92. The molecule has 0 aliphatic carbocycles. The molecule has 0 saturated heterocycles. The Labute approximate surface area is 157 Å². The highest BCUT2D eigenvalue weighted by Crippen LogP contribution is 2.30. The largest absolute Gasteiger partial charge is 0.321 e. The number of benzene rings is 3. The van der Waals surface area contributed by atoms with Gasteiger partial charge in [-0.05, 0) is 41.8 Å². The summed E-state index contributed by atoms with van der Waals surface area (Å²) in [6.07, 6.45) is 0. The van der Waals surface area contributed by atoms with Crippen molar-refractivity contribution in [2.24, 2.45) is 0 Å². The van der Waals surface area contributed by atoms with Crippen LogP contribution < -0.4 is 10.8 Å². The number of hydroxylamine groups is 1. The second-order valence-electron chi connectivity index (χ2n) is 6.18. The van der Waals surface area contributed by atoms with Crippen molar-refractivity contribution < 1.29 is 10.0 Å². The summed E-state index contributed by atoms with van der Waals surface area (Å²) < 4.78 is 0. The molecule has 0 aliphatic rings. The number of aryl methyl sites for hydroxylation is 1. The van der Waals surface area contributed by atoms with Gasteiger partial charge in [0.15, 0.2) is 0 Å². The summed E-state index contributed by atoms with van der Waals surface area (Å²) in [5, 5.41) is 21.0. The SMILES string of the molecule is Cc1ccc(-c2ccc(C(C#N)NO)cc2)c(NC(=O)c2ccccc2)c1. The van der Waals surface area contributed by atoms with E-state index in [1.807, 2.05) is 67.0 Å². The Morgan fingerprint density at radius 3 is 2.37 bits per heavy atom. The first-order valence-corrected chi connectivity index (χ1v) is 8.49. The molecule has 0 saturated carbocycles. The van der Waals surface area contributed by atoms with Gasteiger partial charge in [0.2, 0.25) is 0 Å². The third-order valence-corrected chi connectivity index (χ3v) is 4.27. The molecule has 0 heterocycles. The summed E-state index contributed by atoms with van der Waals surface area (Å²) in [5.41, 5.74) is 6.75. The fourth-order valence-electron chi connectivity index (χ4n) is 2.83. The lowest BCUT2D eigenvalue weighted by atomic mass is 9.98. The van der Waals surface area contributed by atoms with Crippen LogP contribution in [0.5, 0.6) is 0 Å². The maximum Gasteiger partial charge on any atom is 0.255 e. The zero-order valence-corrected chi connectivity index (χ0v) is 14.8. The average Bonchev–Trinajstić information content (AvgIpc) is 2.70. The van der Waals surface area contributed by atoms with Crippen molar-refractivity contribution in [2.45, 2.75) is 13.0 Å². The van der Waals surface area contributed by atoms with Crippen molar-refractivity contribution >= 4 is 11.6 Å². The molecule has 0 radical (unpaired) electrons. The van der Waals surface area contributed by atoms with E-state index in [1.165, 1.54) is 0 Å². The molecule has 0 fully saturated rings. The van der Waals surface area contributed by atoms with Gasteiger partial charge >= 0.3 is 0 Å². The summed E-state index contributed by atoms with van der Waals surface area (Å²) in [7, 11) is 0. The molecule has 134 valence electrons. The number of nitrogens with zero attached hydrogens (tertiary/aromatic N) is 1. The second kappa shape index (κ2) is 8.28. The molecule has 1 unspecified atom stereocenters. The van der Waals surface area contributed by atoms with E-state index in [-0.39, 0.29) is 5.91 Å². The van der Waals surface area contributed by atoms with Gasteiger partial charge in [-0.1, -0.05) is 54.6 Å². The van der Waals surface area contributed by atoms with Crippen molar-refractivity contribution in [1.29, 1.82) is 5.26 Å². The van der Waals surface area contributed by atoms with Crippen LogP contribution in [0, 0.1) is 18.3 Å². The molecule has 0 bridgehead atoms. The summed E-state index contributed by atoms with van der Waals surface area (Å²) >= 11 is 0. The smallest absolute Gasteiger partial charge is 0.255 e. The van der Waals surface area contributed by atoms with E-state index in [4.69, 9.17) is 10.5 Å². The van der Waals surface area contributed by atoms with E-state index >= 15 is 0 Å². The van der Waals surface area contributed by atoms with Crippen LogP contribution in [-0.2, 0) is 0 Å². The maximum absolute atomic E-state index is 12.5. The highest BCUT2D eigenvalue weighted by atomic mass is 16.5. The van der Waals surface area contributed by atoms with Crippen LogP contribution in [0.3, 0.4) is 0 Å². The van der Waals surface area contributed by atoms with Gasteiger partial charge < -0.3 is 10.5 Å². The van der Waals surface area contributed by atoms with Gasteiger partial charge in [0.1, 0.15) is 6.04 Å². The van der Waals surface area contributed by atoms with Crippen molar-refractivity contribution in [3.63, 3.8) is 0 Å². The number of nitrogens with one attached hydrogen (secondary N) is 2. The quantitative estimate of drug-likeness (QED) is 0.589. The Bertz CT molecular complexity index is 977. The van der Waals surface area contributed by atoms with Crippen molar-refractivity contribution in [3.8, 4) is 17.2 Å². The van der Waals surface area contributed by atoms with Gasteiger partial charge in [0.25, 0.3) is 5.91 Å². The Hall–Kier alpha value is -3.46. The number of amides is 1. The van der Waals surface area contributed by atoms with Crippen LogP contribution in [0.2, 0.25) is 0 Å². The third kappa shape index (κ3) is 4.21. The molecular weight excluding hydrogens is 338 g/mol. The molecule has 27 heavy (non-hydrogen) atoms. The summed E-state index contributed by atoms with van der Waals surface area (Å²) in [5.74, 6) is -0.173. The van der Waals surface area contributed by atoms with Crippen LogP contribution >= 0.6 is 0 Å². The average molecular weight is 357 g/mol. The molecule has 0 spiro atoms. The molecule has 0 aromatic heterocycles. The van der Waals surface area contributed by atoms with Gasteiger partial charge in [-0.2, -0.15) is 10.7 Å². The van der Waals surface area contributed by atoms with Crippen molar-refractivity contribution in [1.82, 2.24) is 5.48 Å². The molecule has 5 heteroatoms. The van der Waals surface area contributed by atoms with E-state index in [0.717, 1.165) is 16.7 Å². The summed E-state index contributed by atoms with van der Waals surface area (Å²) in [6.45, 7) is 1.97. The zero-order valence-electron chi connectivity index (χ0n) is 14.8. The van der Waals surface area contributed by atoms with Gasteiger partial charge in [-0.15, -0.1) is 0 Å². The van der Waals surface area contributed by atoms with Crippen molar-refractivity contribution in [2.75, 3.05) is 5.32 Å².